The Hall–Kier alpha value is -2.66. The second-order valence-electron chi connectivity index (χ2n) is 8.01. The quantitative estimate of drug-likeness (QED) is 0.146. The molecule has 2 amide bonds. The zero-order valence-electron chi connectivity index (χ0n) is 17.5. The number of hydrogen-bond donors (Lipinski definition) is 4. The van der Waals surface area contributed by atoms with Crippen LogP contribution in [0.25, 0.3) is 0 Å². The lowest BCUT2D eigenvalue weighted by Gasteiger charge is -2.45. The van der Waals surface area contributed by atoms with Crippen molar-refractivity contribution in [1.82, 2.24) is 20.8 Å². The van der Waals surface area contributed by atoms with Gasteiger partial charge in [0.2, 0.25) is 5.91 Å². The molecule has 1 aromatic rings. The first-order valence-corrected chi connectivity index (χ1v) is 11.4. The molecular formula is C18H23N5O9S. The van der Waals surface area contributed by atoms with Gasteiger partial charge in [-0.25, -0.2) is 9.69 Å². The van der Waals surface area contributed by atoms with E-state index in [1.807, 2.05) is 0 Å². The van der Waals surface area contributed by atoms with Gasteiger partial charge in [-0.1, -0.05) is 17.2 Å². The van der Waals surface area contributed by atoms with Crippen LogP contribution in [0.15, 0.2) is 24.3 Å². The van der Waals surface area contributed by atoms with Crippen molar-refractivity contribution in [3.8, 4) is 5.75 Å². The summed E-state index contributed by atoms with van der Waals surface area (Å²) in [6, 6.07) is 4.80. The van der Waals surface area contributed by atoms with E-state index in [-0.39, 0.29) is 13.0 Å². The maximum absolute atomic E-state index is 12.6. The van der Waals surface area contributed by atoms with Gasteiger partial charge >= 0.3 is 16.4 Å². The molecule has 1 aromatic carbocycles. The molecular weight excluding hydrogens is 462 g/mol. The summed E-state index contributed by atoms with van der Waals surface area (Å²) in [5, 5.41) is 1.02. The lowest BCUT2D eigenvalue weighted by molar-refractivity contribution is -0.415. The van der Waals surface area contributed by atoms with Gasteiger partial charge in [-0.05, 0) is 37.5 Å². The first-order chi connectivity index (χ1) is 15.5. The average molecular weight is 485 g/mol. The molecule has 0 aromatic heterocycles. The van der Waals surface area contributed by atoms with Crippen LogP contribution < -0.4 is 21.3 Å². The zero-order valence-corrected chi connectivity index (χ0v) is 18.3. The van der Waals surface area contributed by atoms with Crippen molar-refractivity contribution in [3.05, 3.63) is 29.8 Å². The fraction of sp³-hybridized carbons (Fsp3) is 0.500. The van der Waals surface area contributed by atoms with Crippen LogP contribution in [0.4, 0.5) is 0 Å². The number of benzene rings is 1. The molecule has 15 heteroatoms. The van der Waals surface area contributed by atoms with E-state index in [1.165, 1.54) is 19.1 Å². The number of nitrogens with two attached hydrogens (primary N) is 1. The molecule has 14 nitrogen and oxygen atoms in total. The maximum atomic E-state index is 12.6. The first-order valence-electron chi connectivity index (χ1n) is 10.0. The van der Waals surface area contributed by atoms with E-state index in [1.54, 1.807) is 17.0 Å². The molecule has 4 saturated heterocycles. The summed E-state index contributed by atoms with van der Waals surface area (Å²) in [6.07, 6.45) is -0.358. The van der Waals surface area contributed by atoms with Crippen LogP contribution in [0.3, 0.4) is 0 Å². The molecule has 5 rings (SSSR count). The molecule has 4 heterocycles. The number of carbonyl (C=O) groups is 3. The summed E-state index contributed by atoms with van der Waals surface area (Å²) in [6.45, 7) is 1.71. The van der Waals surface area contributed by atoms with Gasteiger partial charge in [-0.15, -0.1) is 4.28 Å². The van der Waals surface area contributed by atoms with Crippen molar-refractivity contribution in [2.24, 2.45) is 5.73 Å². The Morgan fingerprint density at radius 2 is 2.00 bits per heavy atom. The lowest BCUT2D eigenvalue weighted by Crippen LogP contribution is -2.63. The molecule has 0 radical (unpaired) electrons. The number of nitrogens with one attached hydrogen (secondary N) is 2. The SMILES string of the molecule is C[C@H](N)C(=O)Oc1ccc(CC(=O)NNC(=O)[C@@H]2CCC34CN2C(O3)N4OS(=O)(=O)O)cc1. The van der Waals surface area contributed by atoms with Gasteiger partial charge in [0.05, 0.1) is 12.5 Å². The number of piperidine rings is 1. The summed E-state index contributed by atoms with van der Waals surface area (Å²) in [4.78, 5) is 37.9. The van der Waals surface area contributed by atoms with E-state index >= 15 is 0 Å². The second kappa shape index (κ2) is 8.60. The third-order valence-corrected chi connectivity index (χ3v) is 5.88. The smallest absolute Gasteiger partial charge is 0.414 e. The molecule has 3 bridgehead atoms. The van der Waals surface area contributed by atoms with Crippen LogP contribution in [0.5, 0.6) is 5.75 Å². The predicted molar refractivity (Wildman–Crippen MR) is 108 cm³/mol. The Balaban J connectivity index is 1.26. The number of amides is 2. The summed E-state index contributed by atoms with van der Waals surface area (Å²) in [5.41, 5.74) is 9.73. The Labute approximate surface area is 188 Å². The number of hydrazine groups is 1. The number of esters is 1. The predicted octanol–water partition coefficient (Wildman–Crippen LogP) is -1.85. The normalized spacial score (nSPS) is 29.0. The summed E-state index contributed by atoms with van der Waals surface area (Å²) in [7, 11) is -4.72. The highest BCUT2D eigenvalue weighted by atomic mass is 32.3. The molecule has 4 fully saturated rings. The fourth-order valence-corrected chi connectivity index (χ4v) is 4.39. The van der Waals surface area contributed by atoms with Crippen molar-refractivity contribution < 1.29 is 41.1 Å². The first kappa shape index (κ1) is 23.5. The zero-order chi connectivity index (χ0) is 24.0. The summed E-state index contributed by atoms with van der Waals surface area (Å²) >= 11 is 0. The van der Waals surface area contributed by atoms with E-state index in [9.17, 15) is 22.8 Å². The average Bonchev–Trinajstić information content (AvgIpc) is 3.16. The van der Waals surface area contributed by atoms with Crippen LogP contribution in [0.1, 0.15) is 25.3 Å². The van der Waals surface area contributed by atoms with Gasteiger partial charge in [0, 0.05) is 6.54 Å². The third kappa shape index (κ3) is 4.84. The molecule has 180 valence electrons. The van der Waals surface area contributed by atoms with Gasteiger partial charge < -0.3 is 15.2 Å². The highest BCUT2D eigenvalue weighted by Gasteiger charge is 2.70. The number of hydrogen-bond acceptors (Lipinski definition) is 11. The minimum absolute atomic E-state index is 0.0407. The monoisotopic (exact) mass is 485 g/mol. The molecule has 3 unspecified atom stereocenters. The van der Waals surface area contributed by atoms with Crippen molar-refractivity contribution in [3.63, 3.8) is 0 Å². The molecule has 4 aliphatic heterocycles. The Morgan fingerprint density at radius 3 is 2.64 bits per heavy atom. The van der Waals surface area contributed by atoms with E-state index in [0.717, 1.165) is 5.06 Å². The Bertz CT molecular complexity index is 1060. The van der Waals surface area contributed by atoms with Crippen LogP contribution in [0.2, 0.25) is 0 Å². The standard InChI is InChI=1S/C18H23N5O9S/c1-10(19)16(26)30-12-4-2-11(3-5-12)8-14(24)20-21-15(25)13-6-7-18-9-22(13)17(31-18)23(18)32-33(27,28)29/h2-5,10,13,17H,6-9,19H2,1H3,(H,20,24)(H,21,25)(H,27,28,29)/t10-,13-,17?,18?/m0/s1. The highest BCUT2D eigenvalue weighted by Crippen LogP contribution is 2.52. The van der Waals surface area contributed by atoms with Crippen molar-refractivity contribution in [1.29, 1.82) is 0 Å². The molecule has 1 spiro atoms. The lowest BCUT2D eigenvalue weighted by atomic mass is 9.98. The number of ether oxygens (including phenoxy) is 2. The van der Waals surface area contributed by atoms with Crippen molar-refractivity contribution >= 4 is 28.2 Å². The van der Waals surface area contributed by atoms with Gasteiger partial charge in [0.25, 0.3) is 5.91 Å². The van der Waals surface area contributed by atoms with E-state index in [4.69, 9.17) is 19.8 Å². The van der Waals surface area contributed by atoms with Crippen LogP contribution >= 0.6 is 0 Å². The highest BCUT2D eigenvalue weighted by molar-refractivity contribution is 7.80. The summed E-state index contributed by atoms with van der Waals surface area (Å²) in [5.74, 6) is -1.26. The maximum Gasteiger partial charge on any atom is 0.414 e. The topological polar surface area (TPSA) is 190 Å². The summed E-state index contributed by atoms with van der Waals surface area (Å²) < 4.78 is 46.2. The van der Waals surface area contributed by atoms with Crippen molar-refractivity contribution in [2.45, 2.75) is 50.3 Å². The number of hydroxylamine groups is 2. The van der Waals surface area contributed by atoms with Crippen LogP contribution in [0, 0.1) is 0 Å². The van der Waals surface area contributed by atoms with Crippen molar-refractivity contribution in [2.75, 3.05) is 6.54 Å². The third-order valence-electron chi connectivity index (χ3n) is 5.53. The van der Waals surface area contributed by atoms with Gasteiger partial charge in [-0.3, -0.25) is 25.0 Å². The van der Waals surface area contributed by atoms with Gasteiger partial charge in [0.15, 0.2) is 12.1 Å². The minimum Gasteiger partial charge on any atom is -0.425 e. The molecule has 0 saturated carbocycles. The Morgan fingerprint density at radius 1 is 1.30 bits per heavy atom. The molecule has 5 N–H and O–H groups in total. The van der Waals surface area contributed by atoms with Gasteiger partial charge in [0.1, 0.15) is 11.8 Å². The van der Waals surface area contributed by atoms with Crippen LogP contribution in [-0.4, -0.2) is 71.4 Å². The fourth-order valence-electron chi connectivity index (χ4n) is 3.98. The van der Waals surface area contributed by atoms with Crippen LogP contribution in [-0.2, 0) is 40.2 Å². The molecule has 4 aliphatic rings. The number of carbonyl (C=O) groups excluding carboxylic acids is 3. The van der Waals surface area contributed by atoms with E-state index < -0.39 is 52.3 Å². The molecule has 5 atom stereocenters. The number of nitrogens with zero attached hydrogens (tertiary/aromatic N) is 2. The van der Waals surface area contributed by atoms with E-state index in [2.05, 4.69) is 15.1 Å². The van der Waals surface area contributed by atoms with Gasteiger partial charge in [-0.2, -0.15) is 8.42 Å². The second-order valence-corrected chi connectivity index (χ2v) is 9.02. The minimum atomic E-state index is -4.72. The number of rotatable bonds is 7. The molecule has 0 aliphatic carbocycles. The largest absolute Gasteiger partial charge is 0.425 e. The van der Waals surface area contributed by atoms with E-state index in [0.29, 0.717) is 24.2 Å². The Kier molecular flexibility index (Phi) is 6.12. The molecule has 33 heavy (non-hydrogen) atoms.